The van der Waals surface area contributed by atoms with Crippen LogP contribution < -0.4 is 11.1 Å². The molecule has 0 aliphatic carbocycles. The Morgan fingerprint density at radius 3 is 1.81 bits per heavy atom. The fourth-order valence-electron chi connectivity index (χ4n) is 4.66. The van der Waals surface area contributed by atoms with Gasteiger partial charge in [0.2, 0.25) is 5.91 Å². The Kier molecular flexibility index (Phi) is 29.3. The molecule has 3 atom stereocenters. The molecule has 1 amide bonds. The predicted octanol–water partition coefficient (Wildman–Crippen LogP) is 8.27. The molecular formula is C33H65N2O6P. The molecule has 0 aromatic rings. The Bertz CT molecular complexity index is 719. The van der Waals surface area contributed by atoms with E-state index in [1.165, 1.54) is 89.9 Å². The average Bonchev–Trinajstić information content (AvgIpc) is 2.97. The molecule has 0 radical (unpaired) electrons. The van der Waals surface area contributed by atoms with Gasteiger partial charge in [-0.05, 0) is 25.7 Å². The molecule has 0 saturated heterocycles. The lowest BCUT2D eigenvalue weighted by atomic mass is 10.0. The molecule has 248 valence electrons. The smallest absolute Gasteiger partial charge is 0.387 e. The Labute approximate surface area is 257 Å². The van der Waals surface area contributed by atoms with Crippen LogP contribution in [0.3, 0.4) is 0 Å². The molecule has 42 heavy (non-hydrogen) atoms. The summed E-state index contributed by atoms with van der Waals surface area (Å²) in [5.74, 6) is -0.208. The maximum absolute atomic E-state index is 12.6. The van der Waals surface area contributed by atoms with Crippen LogP contribution in [0, 0.1) is 0 Å². The van der Waals surface area contributed by atoms with Crippen LogP contribution in [0.2, 0.25) is 0 Å². The van der Waals surface area contributed by atoms with Crippen molar-refractivity contribution >= 4 is 13.7 Å². The van der Waals surface area contributed by atoms with Gasteiger partial charge in [0.1, 0.15) is 0 Å². The zero-order valence-corrected chi connectivity index (χ0v) is 27.9. The maximum atomic E-state index is 12.6. The molecule has 0 heterocycles. The number of rotatable bonds is 31. The van der Waals surface area contributed by atoms with E-state index in [9.17, 15) is 19.4 Å². The van der Waals surface area contributed by atoms with Crippen LogP contribution in [0.4, 0.5) is 0 Å². The van der Waals surface area contributed by atoms with Gasteiger partial charge in [0.25, 0.3) is 0 Å². The summed E-state index contributed by atoms with van der Waals surface area (Å²) < 4.78 is 21.9. The van der Waals surface area contributed by atoms with Crippen molar-refractivity contribution in [2.45, 2.75) is 161 Å². The summed E-state index contributed by atoms with van der Waals surface area (Å²) in [5.41, 5.74) is 5.33. The average molecular weight is 617 g/mol. The van der Waals surface area contributed by atoms with Crippen molar-refractivity contribution < 1.29 is 28.4 Å². The summed E-state index contributed by atoms with van der Waals surface area (Å²) in [4.78, 5) is 22.4. The minimum atomic E-state index is -4.33. The van der Waals surface area contributed by atoms with Crippen LogP contribution in [0.25, 0.3) is 0 Å². The number of aliphatic hydroxyl groups is 1. The highest BCUT2D eigenvalue weighted by Crippen LogP contribution is 2.43. The number of carbonyl (C=O) groups excluding carboxylic acids is 1. The number of aliphatic hydroxyl groups excluding tert-OH is 1. The fourth-order valence-corrected chi connectivity index (χ4v) is 5.42. The molecule has 0 bridgehead atoms. The second-order valence-corrected chi connectivity index (χ2v) is 12.8. The van der Waals surface area contributed by atoms with Gasteiger partial charge < -0.3 is 21.1 Å². The zero-order valence-electron chi connectivity index (χ0n) is 27.0. The van der Waals surface area contributed by atoms with Crippen molar-refractivity contribution in [3.8, 4) is 0 Å². The molecule has 0 aliphatic rings. The first kappa shape index (κ1) is 41.0. The van der Waals surface area contributed by atoms with Crippen LogP contribution in [0.15, 0.2) is 24.3 Å². The van der Waals surface area contributed by atoms with E-state index in [1.54, 1.807) is 6.08 Å². The monoisotopic (exact) mass is 616 g/mol. The summed E-state index contributed by atoms with van der Waals surface area (Å²) in [6.07, 6.45) is 30.9. The third-order valence-electron chi connectivity index (χ3n) is 7.28. The van der Waals surface area contributed by atoms with Gasteiger partial charge in [-0.25, -0.2) is 4.57 Å². The quantitative estimate of drug-likeness (QED) is 0.0350. The lowest BCUT2D eigenvalue weighted by Crippen LogP contribution is -2.45. The van der Waals surface area contributed by atoms with Gasteiger partial charge >= 0.3 is 7.82 Å². The molecule has 3 unspecified atom stereocenters. The number of nitrogens with two attached hydrogens (primary N) is 1. The standard InChI is InChI=1S/C33H65N2O6P/c1-3-5-7-9-11-13-14-15-16-17-18-19-21-23-25-27-33(37)35-31(30-41-42(38,39)40-29-28-34)32(36)26-24-22-20-12-10-8-6-4-2/h10,12,24,26,31-32,36H,3-9,11,13-23,25,27-30,34H2,1-2H3,(H,35,37)(H,38,39)/b12-10+,26-24+. The normalized spacial score (nSPS) is 14.9. The van der Waals surface area contributed by atoms with Crippen LogP contribution in [0.5, 0.6) is 0 Å². The highest BCUT2D eigenvalue weighted by atomic mass is 31.2. The summed E-state index contributed by atoms with van der Waals surface area (Å²) in [6.45, 7) is 4.02. The van der Waals surface area contributed by atoms with Crippen LogP contribution in [-0.4, -0.2) is 47.8 Å². The van der Waals surface area contributed by atoms with E-state index in [2.05, 4.69) is 31.3 Å². The van der Waals surface area contributed by atoms with Gasteiger partial charge in [-0.15, -0.1) is 0 Å². The lowest BCUT2D eigenvalue weighted by Gasteiger charge is -2.23. The number of nitrogens with one attached hydrogen (secondary N) is 1. The van der Waals surface area contributed by atoms with E-state index in [0.29, 0.717) is 6.42 Å². The number of phosphoric acid groups is 1. The third-order valence-corrected chi connectivity index (χ3v) is 8.26. The summed E-state index contributed by atoms with van der Waals surface area (Å²) in [7, 11) is -4.33. The molecule has 0 fully saturated rings. The maximum Gasteiger partial charge on any atom is 0.472 e. The fraction of sp³-hybridized carbons (Fsp3) is 0.848. The van der Waals surface area contributed by atoms with Gasteiger partial charge in [0.05, 0.1) is 25.4 Å². The molecule has 8 nitrogen and oxygen atoms in total. The Balaban J connectivity index is 4.30. The van der Waals surface area contributed by atoms with Crippen molar-refractivity contribution in [1.29, 1.82) is 0 Å². The third kappa shape index (κ3) is 27.8. The van der Waals surface area contributed by atoms with Gasteiger partial charge in [-0.2, -0.15) is 0 Å². The molecule has 9 heteroatoms. The Morgan fingerprint density at radius 1 is 0.762 bits per heavy atom. The number of amides is 1. The summed E-state index contributed by atoms with van der Waals surface area (Å²) >= 11 is 0. The predicted molar refractivity (Wildman–Crippen MR) is 175 cm³/mol. The first-order chi connectivity index (χ1) is 20.4. The van der Waals surface area contributed by atoms with Crippen molar-refractivity contribution in [2.75, 3.05) is 19.8 Å². The molecule has 5 N–H and O–H groups in total. The van der Waals surface area contributed by atoms with E-state index in [0.717, 1.165) is 38.5 Å². The van der Waals surface area contributed by atoms with E-state index in [-0.39, 0.29) is 25.7 Å². The SMILES string of the molecule is CCCC/C=C/CC/C=C/C(O)C(COP(=O)(O)OCCN)NC(=O)CCCCCCCCCCCCCCCCC. The van der Waals surface area contributed by atoms with Gasteiger partial charge in [-0.3, -0.25) is 13.8 Å². The Morgan fingerprint density at radius 2 is 1.26 bits per heavy atom. The second-order valence-electron chi connectivity index (χ2n) is 11.4. The minimum absolute atomic E-state index is 0.0750. The van der Waals surface area contributed by atoms with Crippen LogP contribution in [-0.2, 0) is 18.4 Å². The molecular weight excluding hydrogens is 551 g/mol. The number of carbonyl (C=O) groups is 1. The van der Waals surface area contributed by atoms with Gasteiger partial charge in [-0.1, -0.05) is 141 Å². The summed E-state index contributed by atoms with van der Waals surface area (Å²) in [6, 6.07) is -0.868. The topological polar surface area (TPSA) is 131 Å². The first-order valence-electron chi connectivity index (χ1n) is 17.0. The van der Waals surface area contributed by atoms with E-state index >= 15 is 0 Å². The van der Waals surface area contributed by atoms with Crippen LogP contribution in [0.1, 0.15) is 149 Å². The Hall–Kier alpha value is -1.02. The molecule has 0 aliphatic heterocycles. The lowest BCUT2D eigenvalue weighted by molar-refractivity contribution is -0.123. The van der Waals surface area contributed by atoms with E-state index in [1.807, 2.05) is 6.08 Å². The van der Waals surface area contributed by atoms with Crippen molar-refractivity contribution in [1.82, 2.24) is 5.32 Å². The number of allylic oxidation sites excluding steroid dienone is 3. The van der Waals surface area contributed by atoms with Gasteiger partial charge in [0.15, 0.2) is 0 Å². The first-order valence-corrected chi connectivity index (χ1v) is 18.5. The van der Waals surface area contributed by atoms with Gasteiger partial charge in [0, 0.05) is 13.0 Å². The van der Waals surface area contributed by atoms with Crippen molar-refractivity contribution in [3.05, 3.63) is 24.3 Å². The zero-order chi connectivity index (χ0) is 31.2. The number of hydrogen-bond acceptors (Lipinski definition) is 6. The van der Waals surface area contributed by atoms with E-state index in [4.69, 9.17) is 14.8 Å². The van der Waals surface area contributed by atoms with Crippen molar-refractivity contribution in [2.24, 2.45) is 5.73 Å². The number of hydrogen-bond donors (Lipinski definition) is 4. The minimum Gasteiger partial charge on any atom is -0.387 e. The number of unbranched alkanes of at least 4 members (excludes halogenated alkanes) is 17. The summed E-state index contributed by atoms with van der Waals surface area (Å²) in [5, 5.41) is 13.5. The molecule has 0 rings (SSSR count). The van der Waals surface area contributed by atoms with Crippen LogP contribution >= 0.6 is 7.82 Å². The number of phosphoric ester groups is 1. The second kappa shape index (κ2) is 30.0. The largest absolute Gasteiger partial charge is 0.472 e. The van der Waals surface area contributed by atoms with E-state index < -0.39 is 20.0 Å². The molecule has 0 aromatic carbocycles. The van der Waals surface area contributed by atoms with Crippen molar-refractivity contribution in [3.63, 3.8) is 0 Å². The molecule has 0 spiro atoms. The highest BCUT2D eigenvalue weighted by Gasteiger charge is 2.26. The highest BCUT2D eigenvalue weighted by molar-refractivity contribution is 7.47. The molecule has 0 saturated carbocycles. The molecule has 0 aromatic heterocycles.